The molecule has 2 saturated heterocycles. The molecule has 1 aliphatic carbocycles. The molecule has 0 radical (unpaired) electrons. The van der Waals surface area contributed by atoms with Crippen LogP contribution in [0.15, 0.2) is 0 Å². The number of nitrogens with one attached hydrogen (secondary N) is 1. The molecule has 2 heterocycles. The van der Waals surface area contributed by atoms with Crippen molar-refractivity contribution in [3.8, 4) is 0 Å². The molecule has 0 amide bonds. The van der Waals surface area contributed by atoms with E-state index in [-0.39, 0.29) is 12.4 Å². The Labute approximate surface area is 118 Å². The summed E-state index contributed by atoms with van der Waals surface area (Å²) in [6, 6.07) is 0. The van der Waals surface area contributed by atoms with E-state index in [1.807, 2.05) is 0 Å². The molecule has 1 saturated carbocycles. The molecule has 1 N–H and O–H groups in total. The van der Waals surface area contributed by atoms with Crippen molar-refractivity contribution in [1.82, 2.24) is 10.2 Å². The van der Waals surface area contributed by atoms with Crippen LogP contribution in [0.3, 0.4) is 0 Å². The number of halogens is 1. The molecular weight excluding hydrogens is 244 g/mol. The van der Waals surface area contributed by atoms with Gasteiger partial charge in [0.05, 0.1) is 0 Å². The number of nitrogens with zero attached hydrogens (tertiary/aromatic N) is 1. The van der Waals surface area contributed by atoms with Crippen LogP contribution in [0.25, 0.3) is 0 Å². The van der Waals surface area contributed by atoms with Crippen molar-refractivity contribution in [2.75, 3.05) is 32.7 Å². The van der Waals surface area contributed by atoms with Crippen molar-refractivity contribution < 1.29 is 0 Å². The molecule has 2 aliphatic heterocycles. The maximum atomic E-state index is 3.56. The summed E-state index contributed by atoms with van der Waals surface area (Å²) in [6.07, 6.45) is 11.9. The molecule has 0 aromatic carbocycles. The molecule has 3 fully saturated rings. The summed E-state index contributed by atoms with van der Waals surface area (Å²) < 4.78 is 0. The van der Waals surface area contributed by atoms with Crippen molar-refractivity contribution in [1.29, 1.82) is 0 Å². The minimum absolute atomic E-state index is 0. The van der Waals surface area contributed by atoms with Gasteiger partial charge in [0.2, 0.25) is 0 Å². The Morgan fingerprint density at radius 1 is 1.06 bits per heavy atom. The second-order valence-corrected chi connectivity index (χ2v) is 6.76. The predicted molar refractivity (Wildman–Crippen MR) is 79.4 cm³/mol. The van der Waals surface area contributed by atoms with E-state index >= 15 is 0 Å². The lowest BCUT2D eigenvalue weighted by Gasteiger charge is -2.42. The lowest BCUT2D eigenvalue weighted by molar-refractivity contribution is 0.0761. The van der Waals surface area contributed by atoms with Crippen molar-refractivity contribution >= 4 is 12.4 Å². The average Bonchev–Trinajstić information content (AvgIpc) is 2.79. The summed E-state index contributed by atoms with van der Waals surface area (Å²) in [5.74, 6) is 0.931. The molecule has 106 valence electrons. The number of rotatable bonds is 2. The fourth-order valence-corrected chi connectivity index (χ4v) is 4.44. The van der Waals surface area contributed by atoms with Gasteiger partial charge in [-0.25, -0.2) is 0 Å². The molecule has 3 rings (SSSR count). The zero-order valence-corrected chi connectivity index (χ0v) is 12.4. The van der Waals surface area contributed by atoms with Gasteiger partial charge in [-0.1, -0.05) is 12.8 Å². The van der Waals surface area contributed by atoms with E-state index in [1.54, 1.807) is 0 Å². The second kappa shape index (κ2) is 6.58. The Balaban J connectivity index is 0.00000120. The first-order valence-corrected chi connectivity index (χ1v) is 7.79. The Bertz CT molecular complexity index is 245. The first-order valence-electron chi connectivity index (χ1n) is 7.79. The highest BCUT2D eigenvalue weighted by Crippen LogP contribution is 2.44. The van der Waals surface area contributed by atoms with Crippen LogP contribution in [0.4, 0.5) is 0 Å². The lowest BCUT2D eigenvalue weighted by atomic mass is 9.78. The highest BCUT2D eigenvalue weighted by Gasteiger charge is 2.38. The van der Waals surface area contributed by atoms with Crippen LogP contribution >= 0.6 is 12.4 Å². The standard InChI is InChI=1S/C15H28N2.ClH/c1-2-7-15(6-1)8-4-10-17(13-15)12-14-5-3-9-16-11-14;/h14,16H,1-13H2;1H. The number of hydrogen-bond acceptors (Lipinski definition) is 2. The smallest absolute Gasteiger partial charge is 0.00381 e. The second-order valence-electron chi connectivity index (χ2n) is 6.76. The summed E-state index contributed by atoms with van der Waals surface area (Å²) in [7, 11) is 0. The summed E-state index contributed by atoms with van der Waals surface area (Å²) in [5.41, 5.74) is 0.750. The largest absolute Gasteiger partial charge is 0.316 e. The molecule has 1 spiro atoms. The summed E-state index contributed by atoms with van der Waals surface area (Å²) in [4.78, 5) is 2.80. The fraction of sp³-hybridized carbons (Fsp3) is 1.00. The van der Waals surface area contributed by atoms with Crippen LogP contribution in [-0.4, -0.2) is 37.6 Å². The molecular formula is C15H29ClN2. The fourth-order valence-electron chi connectivity index (χ4n) is 4.44. The van der Waals surface area contributed by atoms with Crippen LogP contribution in [0.1, 0.15) is 51.4 Å². The number of likely N-dealkylation sites (tertiary alicyclic amines) is 1. The van der Waals surface area contributed by atoms with Gasteiger partial charge in [-0.2, -0.15) is 0 Å². The van der Waals surface area contributed by atoms with Crippen molar-refractivity contribution in [2.45, 2.75) is 51.4 Å². The Morgan fingerprint density at radius 2 is 1.83 bits per heavy atom. The van der Waals surface area contributed by atoms with Crippen LogP contribution < -0.4 is 5.32 Å². The predicted octanol–water partition coefficient (Wildman–Crippen LogP) is 3.06. The SMILES string of the molecule is C1CNCC(CN2CCCC3(CCCC3)C2)C1.Cl. The van der Waals surface area contributed by atoms with Gasteiger partial charge in [-0.05, 0) is 69.5 Å². The van der Waals surface area contributed by atoms with E-state index in [4.69, 9.17) is 0 Å². The van der Waals surface area contributed by atoms with Crippen molar-refractivity contribution in [3.63, 3.8) is 0 Å². The maximum Gasteiger partial charge on any atom is 0.00381 e. The van der Waals surface area contributed by atoms with Gasteiger partial charge in [-0.3, -0.25) is 0 Å². The molecule has 18 heavy (non-hydrogen) atoms. The average molecular weight is 273 g/mol. The van der Waals surface area contributed by atoms with Crippen LogP contribution in [0.5, 0.6) is 0 Å². The van der Waals surface area contributed by atoms with E-state index < -0.39 is 0 Å². The first-order chi connectivity index (χ1) is 8.36. The molecule has 3 aliphatic rings. The molecule has 1 unspecified atom stereocenters. The molecule has 2 nitrogen and oxygen atoms in total. The van der Waals surface area contributed by atoms with Gasteiger partial charge in [0, 0.05) is 13.1 Å². The summed E-state index contributed by atoms with van der Waals surface area (Å²) in [5, 5.41) is 3.56. The minimum atomic E-state index is 0. The molecule has 3 heteroatoms. The zero-order valence-electron chi connectivity index (χ0n) is 11.6. The van der Waals surface area contributed by atoms with E-state index in [0.29, 0.717) is 0 Å². The van der Waals surface area contributed by atoms with Gasteiger partial charge in [-0.15, -0.1) is 12.4 Å². The third-order valence-electron chi connectivity index (χ3n) is 5.32. The number of piperidine rings is 2. The molecule has 1 atom stereocenters. The first kappa shape index (κ1) is 14.6. The normalized spacial score (nSPS) is 32.3. The molecule has 0 bridgehead atoms. The van der Waals surface area contributed by atoms with Crippen molar-refractivity contribution in [3.05, 3.63) is 0 Å². The van der Waals surface area contributed by atoms with Gasteiger partial charge in [0.1, 0.15) is 0 Å². The van der Waals surface area contributed by atoms with Crippen LogP contribution in [0, 0.1) is 11.3 Å². The summed E-state index contributed by atoms with van der Waals surface area (Å²) >= 11 is 0. The Kier molecular flexibility index (Phi) is 5.35. The minimum Gasteiger partial charge on any atom is -0.316 e. The maximum absolute atomic E-state index is 3.56. The van der Waals surface area contributed by atoms with Gasteiger partial charge in [0.25, 0.3) is 0 Å². The summed E-state index contributed by atoms with van der Waals surface area (Å²) in [6.45, 7) is 6.68. The van der Waals surface area contributed by atoms with Crippen LogP contribution in [-0.2, 0) is 0 Å². The van der Waals surface area contributed by atoms with E-state index in [1.165, 1.54) is 84.1 Å². The van der Waals surface area contributed by atoms with Gasteiger partial charge in [0.15, 0.2) is 0 Å². The Hall–Kier alpha value is 0.210. The monoisotopic (exact) mass is 272 g/mol. The Morgan fingerprint density at radius 3 is 2.56 bits per heavy atom. The third-order valence-corrected chi connectivity index (χ3v) is 5.32. The highest BCUT2D eigenvalue weighted by molar-refractivity contribution is 5.85. The molecule has 0 aromatic heterocycles. The number of hydrogen-bond donors (Lipinski definition) is 1. The van der Waals surface area contributed by atoms with Crippen LogP contribution in [0.2, 0.25) is 0 Å². The van der Waals surface area contributed by atoms with E-state index in [2.05, 4.69) is 10.2 Å². The van der Waals surface area contributed by atoms with E-state index in [0.717, 1.165) is 11.3 Å². The van der Waals surface area contributed by atoms with E-state index in [9.17, 15) is 0 Å². The molecule has 0 aromatic rings. The zero-order chi connectivity index (χ0) is 11.6. The lowest BCUT2D eigenvalue weighted by Crippen LogP contribution is -2.46. The topological polar surface area (TPSA) is 15.3 Å². The van der Waals surface area contributed by atoms with Gasteiger partial charge >= 0.3 is 0 Å². The van der Waals surface area contributed by atoms with Crippen molar-refractivity contribution in [2.24, 2.45) is 11.3 Å². The third kappa shape index (κ3) is 3.40. The van der Waals surface area contributed by atoms with Gasteiger partial charge < -0.3 is 10.2 Å². The quantitative estimate of drug-likeness (QED) is 0.831. The highest BCUT2D eigenvalue weighted by atomic mass is 35.5.